The molecule has 0 aliphatic heterocycles. The van der Waals surface area contributed by atoms with Crippen LogP contribution in [0, 0.1) is 23.7 Å². The Morgan fingerprint density at radius 1 is 1.08 bits per heavy atom. The van der Waals surface area contributed by atoms with E-state index in [0.29, 0.717) is 0 Å². The number of hydrogen-bond acceptors (Lipinski definition) is 0. The van der Waals surface area contributed by atoms with Crippen molar-refractivity contribution in [3.8, 4) is 23.7 Å². The molecule has 0 N–H and O–H groups in total. The van der Waals surface area contributed by atoms with E-state index in [1.165, 1.54) is 0 Å². The van der Waals surface area contributed by atoms with E-state index in [9.17, 15) is 0 Å². The molecule has 0 spiro atoms. The van der Waals surface area contributed by atoms with Crippen molar-refractivity contribution in [1.82, 2.24) is 0 Å². The smallest absolute Gasteiger partial charge is 0.0255 e. The standard InChI is InChI=1S/C13H12/c1-2-3-4-5-7-10-13-11-8-6-9-12-13/h6,8-9,11-12H,2-3H2,1H3. The van der Waals surface area contributed by atoms with Crippen LogP contribution in [0.4, 0.5) is 0 Å². The Morgan fingerprint density at radius 2 is 1.85 bits per heavy atom. The third-order valence-electron chi connectivity index (χ3n) is 1.51. The summed E-state index contributed by atoms with van der Waals surface area (Å²) in [6.45, 7) is 2.11. The summed E-state index contributed by atoms with van der Waals surface area (Å²) in [5.74, 6) is 11.6. The zero-order valence-corrected chi connectivity index (χ0v) is 7.80. The quantitative estimate of drug-likeness (QED) is 0.566. The normalized spacial score (nSPS) is 7.77. The van der Waals surface area contributed by atoms with Gasteiger partial charge in [-0.15, -0.1) is 0 Å². The largest absolute Gasteiger partial charge is 0.0891 e. The highest BCUT2D eigenvalue weighted by Crippen LogP contribution is 1.94. The van der Waals surface area contributed by atoms with Crippen molar-refractivity contribution in [2.24, 2.45) is 0 Å². The van der Waals surface area contributed by atoms with Crippen LogP contribution in [-0.4, -0.2) is 0 Å². The van der Waals surface area contributed by atoms with E-state index in [1.54, 1.807) is 0 Å². The zero-order valence-electron chi connectivity index (χ0n) is 7.80. The van der Waals surface area contributed by atoms with Crippen LogP contribution in [0.5, 0.6) is 0 Å². The molecule has 0 aliphatic rings. The number of unbranched alkanes of at least 4 members (excludes halogenated alkanes) is 1. The summed E-state index contributed by atoms with van der Waals surface area (Å²) < 4.78 is 0. The van der Waals surface area contributed by atoms with Crippen LogP contribution < -0.4 is 0 Å². The highest BCUT2D eigenvalue weighted by atomic mass is 13.8. The third kappa shape index (κ3) is 4.04. The predicted molar refractivity (Wildman–Crippen MR) is 56.0 cm³/mol. The summed E-state index contributed by atoms with van der Waals surface area (Å²) in [7, 11) is 0. The average Bonchev–Trinajstić information content (AvgIpc) is 2.19. The van der Waals surface area contributed by atoms with Crippen LogP contribution in [-0.2, 0) is 0 Å². The Balaban J connectivity index is 2.55. The highest BCUT2D eigenvalue weighted by molar-refractivity contribution is 5.39. The molecular formula is C13H12. The van der Waals surface area contributed by atoms with Crippen molar-refractivity contribution >= 4 is 0 Å². The zero-order chi connectivity index (χ0) is 9.36. The molecule has 1 rings (SSSR count). The lowest BCUT2D eigenvalue weighted by Crippen LogP contribution is -1.69. The molecule has 0 aliphatic carbocycles. The van der Waals surface area contributed by atoms with Gasteiger partial charge in [-0.3, -0.25) is 0 Å². The molecule has 0 radical (unpaired) electrons. The fraction of sp³-hybridized carbons (Fsp3) is 0.231. The minimum Gasteiger partial charge on any atom is -0.0891 e. The van der Waals surface area contributed by atoms with Crippen LogP contribution in [0.1, 0.15) is 25.3 Å². The van der Waals surface area contributed by atoms with E-state index < -0.39 is 0 Å². The molecule has 64 valence electrons. The molecule has 0 unspecified atom stereocenters. The molecule has 1 aromatic carbocycles. The maximum absolute atomic E-state index is 2.98. The van der Waals surface area contributed by atoms with Crippen molar-refractivity contribution in [3.05, 3.63) is 35.9 Å². The summed E-state index contributed by atoms with van der Waals surface area (Å²) in [6.07, 6.45) is 2.03. The van der Waals surface area contributed by atoms with Gasteiger partial charge in [0.25, 0.3) is 0 Å². The van der Waals surface area contributed by atoms with Gasteiger partial charge in [-0.25, -0.2) is 0 Å². The highest BCUT2D eigenvalue weighted by Gasteiger charge is 1.78. The fourth-order valence-corrected chi connectivity index (χ4v) is 0.857. The minimum atomic E-state index is 0.934. The Bertz CT molecular complexity index is 352. The first-order valence-corrected chi connectivity index (χ1v) is 4.47. The van der Waals surface area contributed by atoms with Crippen molar-refractivity contribution in [1.29, 1.82) is 0 Å². The van der Waals surface area contributed by atoms with Crippen LogP contribution >= 0.6 is 0 Å². The fourth-order valence-electron chi connectivity index (χ4n) is 0.857. The van der Waals surface area contributed by atoms with Gasteiger partial charge < -0.3 is 0 Å². The predicted octanol–water partition coefficient (Wildman–Crippen LogP) is 2.84. The summed E-state index contributed by atoms with van der Waals surface area (Å²) in [5, 5.41) is 0. The van der Waals surface area contributed by atoms with Gasteiger partial charge in [0.2, 0.25) is 0 Å². The Morgan fingerprint density at radius 3 is 2.54 bits per heavy atom. The molecule has 13 heavy (non-hydrogen) atoms. The average molecular weight is 168 g/mol. The van der Waals surface area contributed by atoms with Gasteiger partial charge in [-0.05, 0) is 30.4 Å². The van der Waals surface area contributed by atoms with Crippen molar-refractivity contribution in [3.63, 3.8) is 0 Å². The van der Waals surface area contributed by atoms with Crippen molar-refractivity contribution in [2.45, 2.75) is 19.8 Å². The maximum atomic E-state index is 2.98. The van der Waals surface area contributed by atoms with Crippen molar-refractivity contribution in [2.75, 3.05) is 0 Å². The van der Waals surface area contributed by atoms with Crippen LogP contribution in [0.3, 0.4) is 0 Å². The second kappa shape index (κ2) is 5.92. The monoisotopic (exact) mass is 168 g/mol. The van der Waals surface area contributed by atoms with Gasteiger partial charge in [0, 0.05) is 12.0 Å². The molecule has 0 saturated heterocycles. The third-order valence-corrected chi connectivity index (χ3v) is 1.51. The van der Waals surface area contributed by atoms with Crippen LogP contribution in [0.25, 0.3) is 0 Å². The molecule has 0 heterocycles. The first-order chi connectivity index (χ1) is 6.43. The molecule has 1 aromatic rings. The molecule has 0 atom stereocenters. The van der Waals surface area contributed by atoms with Gasteiger partial charge in [-0.2, -0.15) is 0 Å². The van der Waals surface area contributed by atoms with Gasteiger partial charge in [0.05, 0.1) is 0 Å². The second-order valence-corrected chi connectivity index (χ2v) is 2.67. The van der Waals surface area contributed by atoms with Gasteiger partial charge in [-0.1, -0.05) is 37.0 Å². The molecule has 0 saturated carbocycles. The van der Waals surface area contributed by atoms with Crippen LogP contribution in [0.15, 0.2) is 30.3 Å². The van der Waals surface area contributed by atoms with E-state index in [1.807, 2.05) is 30.3 Å². The molecule has 0 aromatic heterocycles. The van der Waals surface area contributed by atoms with Gasteiger partial charge >= 0.3 is 0 Å². The number of benzene rings is 1. The first-order valence-electron chi connectivity index (χ1n) is 4.47. The molecule has 0 heteroatoms. The summed E-state index contributed by atoms with van der Waals surface area (Å²) in [4.78, 5) is 0. The molecule has 0 bridgehead atoms. The van der Waals surface area contributed by atoms with E-state index in [-0.39, 0.29) is 0 Å². The lowest BCUT2D eigenvalue weighted by Gasteiger charge is -1.83. The summed E-state index contributed by atoms with van der Waals surface area (Å²) >= 11 is 0. The second-order valence-electron chi connectivity index (χ2n) is 2.67. The molecular weight excluding hydrogens is 156 g/mol. The SMILES string of the molecule is CCCC#CC#Cc1ccccc1. The molecule has 0 nitrogen and oxygen atoms in total. The maximum Gasteiger partial charge on any atom is 0.0255 e. The molecule has 0 amide bonds. The Hall–Kier alpha value is -1.66. The Labute approximate surface area is 80.0 Å². The summed E-state index contributed by atoms with van der Waals surface area (Å²) in [6, 6.07) is 9.89. The van der Waals surface area contributed by atoms with E-state index in [0.717, 1.165) is 18.4 Å². The van der Waals surface area contributed by atoms with Crippen LogP contribution in [0.2, 0.25) is 0 Å². The summed E-state index contributed by atoms with van der Waals surface area (Å²) in [5.41, 5.74) is 1.02. The topological polar surface area (TPSA) is 0 Å². The van der Waals surface area contributed by atoms with E-state index >= 15 is 0 Å². The minimum absolute atomic E-state index is 0.934. The van der Waals surface area contributed by atoms with Gasteiger partial charge in [0.1, 0.15) is 0 Å². The van der Waals surface area contributed by atoms with E-state index in [2.05, 4.69) is 30.6 Å². The number of hydrogen-bond donors (Lipinski definition) is 0. The first kappa shape index (κ1) is 9.43. The van der Waals surface area contributed by atoms with Gasteiger partial charge in [0.15, 0.2) is 0 Å². The van der Waals surface area contributed by atoms with E-state index in [4.69, 9.17) is 0 Å². The number of rotatable bonds is 1. The van der Waals surface area contributed by atoms with Crippen molar-refractivity contribution < 1.29 is 0 Å². The Kier molecular flexibility index (Phi) is 4.30. The molecule has 0 fully saturated rings. The lowest BCUT2D eigenvalue weighted by atomic mass is 10.2. The lowest BCUT2D eigenvalue weighted by molar-refractivity contribution is 0.983.